The summed E-state index contributed by atoms with van der Waals surface area (Å²) >= 11 is 0. The summed E-state index contributed by atoms with van der Waals surface area (Å²) in [6, 6.07) is 12.9. The van der Waals surface area contributed by atoms with Crippen LogP contribution < -0.4 is 5.32 Å². The summed E-state index contributed by atoms with van der Waals surface area (Å²) < 4.78 is 2.15. The Hall–Kier alpha value is -2.75. The van der Waals surface area contributed by atoms with Gasteiger partial charge in [0.05, 0.1) is 0 Å². The average Bonchev–Trinajstić information content (AvgIpc) is 2.81. The van der Waals surface area contributed by atoms with Crippen LogP contribution in [0.2, 0.25) is 0 Å². The molecule has 1 aromatic heterocycles. The number of aromatic hydroxyl groups is 1. The Labute approximate surface area is 141 Å². The third-order valence-electron chi connectivity index (χ3n) is 4.71. The topological polar surface area (TPSA) is 54.3 Å². The Bertz CT molecular complexity index is 892. The van der Waals surface area contributed by atoms with Gasteiger partial charge in [0.1, 0.15) is 5.75 Å². The maximum absolute atomic E-state index is 12.4. The average molecular weight is 322 g/mol. The van der Waals surface area contributed by atoms with E-state index in [0.717, 1.165) is 22.9 Å². The molecule has 0 aliphatic heterocycles. The standard InChI is InChI=1S/C20H22N2O2/c1-13-14(2)22(3)19-9-6-16(12-18(13)19)20(24)21-11-10-15-4-7-17(23)8-5-15/h4-9,12,23H,10-11H2,1-3H3,(H,21,24). The van der Waals surface area contributed by atoms with Crippen LogP contribution in [0.4, 0.5) is 0 Å². The highest BCUT2D eigenvalue weighted by atomic mass is 16.3. The van der Waals surface area contributed by atoms with Crippen molar-refractivity contribution < 1.29 is 9.90 Å². The number of phenolic OH excluding ortho intramolecular Hbond substituents is 1. The van der Waals surface area contributed by atoms with E-state index in [-0.39, 0.29) is 11.7 Å². The highest BCUT2D eigenvalue weighted by molar-refractivity contribution is 5.99. The van der Waals surface area contributed by atoms with Gasteiger partial charge < -0.3 is 15.0 Å². The number of aromatic nitrogens is 1. The van der Waals surface area contributed by atoms with Crippen molar-refractivity contribution in [1.29, 1.82) is 0 Å². The quantitative estimate of drug-likeness (QED) is 0.773. The van der Waals surface area contributed by atoms with Crippen LogP contribution in [-0.2, 0) is 13.5 Å². The van der Waals surface area contributed by atoms with E-state index in [2.05, 4.69) is 23.7 Å². The molecule has 0 aliphatic carbocycles. The van der Waals surface area contributed by atoms with Crippen LogP contribution in [0, 0.1) is 13.8 Å². The first kappa shape index (κ1) is 16.1. The van der Waals surface area contributed by atoms with Crippen LogP contribution in [0.25, 0.3) is 10.9 Å². The highest BCUT2D eigenvalue weighted by Crippen LogP contribution is 2.25. The summed E-state index contributed by atoms with van der Waals surface area (Å²) in [5, 5.41) is 13.4. The SMILES string of the molecule is Cc1c(C)n(C)c2ccc(C(=O)NCCc3ccc(O)cc3)cc12. The van der Waals surface area contributed by atoms with Crippen LogP contribution in [0.15, 0.2) is 42.5 Å². The molecule has 0 bridgehead atoms. The molecule has 0 aliphatic rings. The van der Waals surface area contributed by atoms with E-state index in [1.807, 2.05) is 37.4 Å². The van der Waals surface area contributed by atoms with Crippen LogP contribution in [-0.4, -0.2) is 22.1 Å². The van der Waals surface area contributed by atoms with Crippen LogP contribution in [0.1, 0.15) is 27.2 Å². The molecular formula is C20H22N2O2. The molecule has 1 heterocycles. The molecule has 2 N–H and O–H groups in total. The van der Waals surface area contributed by atoms with Crippen molar-refractivity contribution in [2.45, 2.75) is 20.3 Å². The molecular weight excluding hydrogens is 300 g/mol. The van der Waals surface area contributed by atoms with E-state index >= 15 is 0 Å². The molecule has 2 aromatic carbocycles. The summed E-state index contributed by atoms with van der Waals surface area (Å²) in [7, 11) is 2.04. The third-order valence-corrected chi connectivity index (χ3v) is 4.71. The predicted octanol–water partition coefficient (Wildman–Crippen LogP) is 3.47. The maximum Gasteiger partial charge on any atom is 0.251 e. The molecule has 4 heteroatoms. The number of nitrogens with zero attached hydrogens (tertiary/aromatic N) is 1. The van der Waals surface area contributed by atoms with Gasteiger partial charge in [0.15, 0.2) is 0 Å². The fraction of sp³-hybridized carbons (Fsp3) is 0.250. The number of carbonyl (C=O) groups excluding carboxylic acids is 1. The molecule has 3 rings (SSSR count). The lowest BCUT2D eigenvalue weighted by Crippen LogP contribution is -2.25. The molecule has 124 valence electrons. The van der Waals surface area contributed by atoms with Gasteiger partial charge in [-0.05, 0) is 61.7 Å². The zero-order chi connectivity index (χ0) is 17.3. The molecule has 4 nitrogen and oxygen atoms in total. The number of hydrogen-bond donors (Lipinski definition) is 2. The van der Waals surface area contributed by atoms with Crippen molar-refractivity contribution in [2.75, 3.05) is 6.54 Å². The maximum atomic E-state index is 12.4. The minimum Gasteiger partial charge on any atom is -0.508 e. The van der Waals surface area contributed by atoms with Gasteiger partial charge in [0.25, 0.3) is 5.91 Å². The smallest absolute Gasteiger partial charge is 0.251 e. The molecule has 3 aromatic rings. The summed E-state index contributed by atoms with van der Waals surface area (Å²) in [6.45, 7) is 4.74. The zero-order valence-corrected chi connectivity index (χ0v) is 14.3. The normalized spacial score (nSPS) is 11.0. The molecule has 0 unspecified atom stereocenters. The van der Waals surface area contributed by atoms with Gasteiger partial charge in [-0.1, -0.05) is 12.1 Å². The van der Waals surface area contributed by atoms with Gasteiger partial charge in [-0.2, -0.15) is 0 Å². The van der Waals surface area contributed by atoms with Gasteiger partial charge >= 0.3 is 0 Å². The largest absolute Gasteiger partial charge is 0.508 e. The Morgan fingerprint density at radius 2 is 1.83 bits per heavy atom. The number of carbonyl (C=O) groups is 1. The van der Waals surface area contributed by atoms with E-state index in [1.54, 1.807) is 12.1 Å². The summed E-state index contributed by atoms with van der Waals surface area (Å²) in [5.74, 6) is 0.196. The summed E-state index contributed by atoms with van der Waals surface area (Å²) in [4.78, 5) is 12.4. The van der Waals surface area contributed by atoms with E-state index < -0.39 is 0 Å². The van der Waals surface area contributed by atoms with Crippen molar-refractivity contribution in [2.24, 2.45) is 7.05 Å². The number of phenols is 1. The number of hydrogen-bond acceptors (Lipinski definition) is 2. The minimum absolute atomic E-state index is 0.0587. The van der Waals surface area contributed by atoms with Crippen LogP contribution in [0.5, 0.6) is 5.75 Å². The van der Waals surface area contributed by atoms with Crippen molar-refractivity contribution in [1.82, 2.24) is 9.88 Å². The van der Waals surface area contributed by atoms with Gasteiger partial charge in [-0.3, -0.25) is 4.79 Å². The number of rotatable bonds is 4. The first-order valence-corrected chi connectivity index (χ1v) is 8.09. The predicted molar refractivity (Wildman–Crippen MR) is 96.5 cm³/mol. The van der Waals surface area contributed by atoms with Gasteiger partial charge in [-0.25, -0.2) is 0 Å². The van der Waals surface area contributed by atoms with Gasteiger partial charge in [0, 0.05) is 35.8 Å². The second-order valence-corrected chi connectivity index (χ2v) is 6.17. The second kappa shape index (κ2) is 6.40. The fourth-order valence-corrected chi connectivity index (χ4v) is 2.98. The lowest BCUT2D eigenvalue weighted by molar-refractivity contribution is 0.0954. The van der Waals surface area contributed by atoms with Crippen molar-refractivity contribution in [3.05, 3.63) is 64.8 Å². The van der Waals surface area contributed by atoms with E-state index in [4.69, 9.17) is 0 Å². The molecule has 0 radical (unpaired) electrons. The number of amides is 1. The van der Waals surface area contributed by atoms with E-state index in [1.165, 1.54) is 11.3 Å². The molecule has 0 fully saturated rings. The lowest BCUT2D eigenvalue weighted by atomic mass is 10.1. The number of aryl methyl sites for hydroxylation is 2. The summed E-state index contributed by atoms with van der Waals surface area (Å²) in [5.41, 5.74) is 5.34. The Kier molecular flexibility index (Phi) is 4.30. The van der Waals surface area contributed by atoms with E-state index in [0.29, 0.717) is 12.1 Å². The molecule has 0 saturated carbocycles. The first-order chi connectivity index (χ1) is 11.5. The van der Waals surface area contributed by atoms with Crippen molar-refractivity contribution >= 4 is 16.8 Å². The lowest BCUT2D eigenvalue weighted by Gasteiger charge is -2.06. The number of nitrogens with one attached hydrogen (secondary N) is 1. The van der Waals surface area contributed by atoms with Crippen molar-refractivity contribution in [3.8, 4) is 5.75 Å². The summed E-state index contributed by atoms with van der Waals surface area (Å²) in [6.07, 6.45) is 0.734. The molecule has 1 amide bonds. The van der Waals surface area contributed by atoms with Gasteiger partial charge in [0.2, 0.25) is 0 Å². The highest BCUT2D eigenvalue weighted by Gasteiger charge is 2.11. The van der Waals surface area contributed by atoms with Crippen LogP contribution in [0.3, 0.4) is 0 Å². The number of fused-ring (bicyclic) bond motifs is 1. The Balaban J connectivity index is 1.69. The minimum atomic E-state index is -0.0587. The third kappa shape index (κ3) is 3.00. The van der Waals surface area contributed by atoms with Gasteiger partial charge in [-0.15, -0.1) is 0 Å². The number of benzene rings is 2. The first-order valence-electron chi connectivity index (χ1n) is 8.09. The fourth-order valence-electron chi connectivity index (χ4n) is 2.98. The molecule has 24 heavy (non-hydrogen) atoms. The zero-order valence-electron chi connectivity index (χ0n) is 14.3. The molecule has 0 atom stereocenters. The van der Waals surface area contributed by atoms with E-state index in [9.17, 15) is 9.90 Å². The monoisotopic (exact) mass is 322 g/mol. The second-order valence-electron chi connectivity index (χ2n) is 6.17. The Morgan fingerprint density at radius 3 is 2.54 bits per heavy atom. The molecule has 0 spiro atoms. The Morgan fingerprint density at radius 1 is 1.12 bits per heavy atom. The van der Waals surface area contributed by atoms with Crippen LogP contribution >= 0.6 is 0 Å². The molecule has 0 saturated heterocycles. The van der Waals surface area contributed by atoms with Crippen molar-refractivity contribution in [3.63, 3.8) is 0 Å².